The van der Waals surface area contributed by atoms with Gasteiger partial charge in [0.25, 0.3) is 0 Å². The molecule has 0 saturated carbocycles. The third kappa shape index (κ3) is 4.32. The van der Waals surface area contributed by atoms with Crippen molar-refractivity contribution in [1.82, 2.24) is 14.9 Å². The van der Waals surface area contributed by atoms with Gasteiger partial charge in [0.15, 0.2) is 0 Å². The highest BCUT2D eigenvalue weighted by molar-refractivity contribution is 5.79. The Kier molecular flexibility index (Phi) is 5.26. The maximum atomic E-state index is 12.9. The summed E-state index contributed by atoms with van der Waals surface area (Å²) in [5.74, 6) is 0.470. The van der Waals surface area contributed by atoms with Crippen molar-refractivity contribution >= 4 is 11.9 Å². The highest BCUT2D eigenvalue weighted by Crippen LogP contribution is 2.17. The van der Waals surface area contributed by atoms with Crippen LogP contribution in [0.15, 0.2) is 30.5 Å². The molecule has 1 aliphatic heterocycles. The van der Waals surface area contributed by atoms with E-state index in [1.54, 1.807) is 12.1 Å². The Balaban J connectivity index is 1.56. The lowest BCUT2D eigenvalue weighted by atomic mass is 10.1. The third-order valence-electron chi connectivity index (χ3n) is 4.54. The lowest BCUT2D eigenvalue weighted by molar-refractivity contribution is -0.127. The summed E-state index contributed by atoms with van der Waals surface area (Å²) >= 11 is 0. The van der Waals surface area contributed by atoms with Gasteiger partial charge in [-0.2, -0.15) is 0 Å². The Bertz CT molecular complexity index is 748. The number of aryl methyl sites for hydroxylation is 2. The van der Waals surface area contributed by atoms with Crippen LogP contribution < -0.4 is 5.32 Å². The zero-order valence-corrected chi connectivity index (χ0v) is 14.6. The fourth-order valence-electron chi connectivity index (χ4n) is 3.09. The van der Waals surface area contributed by atoms with E-state index in [1.807, 2.05) is 18.0 Å². The lowest BCUT2D eigenvalue weighted by Gasteiger charge is -2.17. The van der Waals surface area contributed by atoms with Gasteiger partial charge in [0.2, 0.25) is 11.9 Å². The standard InChI is InChI=1S/C19H23FN4O/c1-3-17-13(2)11-21-19(23-17)22-16-10-18(25)24(12-16)9-8-14-4-6-15(20)7-5-14/h4-7,11,16H,3,8-10,12H2,1-2H3,(H,21,22,23). The monoisotopic (exact) mass is 342 g/mol. The normalized spacial score (nSPS) is 17.2. The van der Waals surface area contributed by atoms with Crippen LogP contribution in [0.1, 0.15) is 30.2 Å². The second-order valence-electron chi connectivity index (χ2n) is 6.44. The van der Waals surface area contributed by atoms with Gasteiger partial charge in [-0.25, -0.2) is 14.4 Å². The van der Waals surface area contributed by atoms with Gasteiger partial charge in [-0.1, -0.05) is 19.1 Å². The topological polar surface area (TPSA) is 58.1 Å². The van der Waals surface area contributed by atoms with Crippen LogP contribution in [-0.2, 0) is 17.6 Å². The number of benzene rings is 1. The molecule has 0 radical (unpaired) electrons. The zero-order valence-electron chi connectivity index (χ0n) is 14.6. The predicted molar refractivity (Wildman–Crippen MR) is 94.9 cm³/mol. The molecule has 0 spiro atoms. The van der Waals surface area contributed by atoms with E-state index in [9.17, 15) is 9.18 Å². The Morgan fingerprint density at radius 1 is 1.32 bits per heavy atom. The fourth-order valence-corrected chi connectivity index (χ4v) is 3.09. The largest absolute Gasteiger partial charge is 0.349 e. The molecule has 5 nitrogen and oxygen atoms in total. The Morgan fingerprint density at radius 2 is 2.08 bits per heavy atom. The van der Waals surface area contributed by atoms with Crippen molar-refractivity contribution in [3.8, 4) is 0 Å². The first-order valence-electron chi connectivity index (χ1n) is 8.66. The number of halogens is 1. The highest BCUT2D eigenvalue weighted by Gasteiger charge is 2.29. The molecule has 25 heavy (non-hydrogen) atoms. The van der Waals surface area contributed by atoms with Crippen LogP contribution in [-0.4, -0.2) is 39.9 Å². The van der Waals surface area contributed by atoms with Crippen molar-refractivity contribution in [2.45, 2.75) is 39.2 Å². The van der Waals surface area contributed by atoms with Crippen LogP contribution in [0.4, 0.5) is 10.3 Å². The SMILES string of the molecule is CCc1nc(NC2CC(=O)N(CCc3ccc(F)cc3)C2)ncc1C. The van der Waals surface area contributed by atoms with Gasteiger partial charge in [-0.3, -0.25) is 4.79 Å². The second-order valence-corrected chi connectivity index (χ2v) is 6.44. The summed E-state index contributed by atoms with van der Waals surface area (Å²) in [5, 5.41) is 3.27. The number of nitrogens with one attached hydrogen (secondary N) is 1. The summed E-state index contributed by atoms with van der Waals surface area (Å²) in [6.45, 7) is 5.34. The summed E-state index contributed by atoms with van der Waals surface area (Å²) in [4.78, 5) is 22.9. The predicted octanol–water partition coefficient (Wildman–Crippen LogP) is 2.74. The van der Waals surface area contributed by atoms with Crippen LogP contribution in [0.2, 0.25) is 0 Å². The van der Waals surface area contributed by atoms with Gasteiger partial charge in [-0.05, 0) is 43.0 Å². The number of likely N-dealkylation sites (tertiary alicyclic amines) is 1. The Hall–Kier alpha value is -2.50. The molecule has 2 heterocycles. The molecule has 132 valence electrons. The van der Waals surface area contributed by atoms with Gasteiger partial charge in [0.05, 0.1) is 6.04 Å². The summed E-state index contributed by atoms with van der Waals surface area (Å²) < 4.78 is 12.9. The van der Waals surface area contributed by atoms with Gasteiger partial charge >= 0.3 is 0 Å². The minimum Gasteiger partial charge on any atom is -0.349 e. The van der Waals surface area contributed by atoms with E-state index in [1.165, 1.54) is 12.1 Å². The Morgan fingerprint density at radius 3 is 2.80 bits per heavy atom. The van der Waals surface area contributed by atoms with Crippen LogP contribution in [0.5, 0.6) is 0 Å². The number of nitrogens with zero attached hydrogens (tertiary/aromatic N) is 3. The summed E-state index contributed by atoms with van der Waals surface area (Å²) in [6.07, 6.45) is 3.84. The number of aromatic nitrogens is 2. The highest BCUT2D eigenvalue weighted by atomic mass is 19.1. The number of carbonyl (C=O) groups excluding carboxylic acids is 1. The minimum atomic E-state index is -0.241. The van der Waals surface area contributed by atoms with E-state index in [4.69, 9.17) is 0 Å². The maximum Gasteiger partial charge on any atom is 0.224 e. The van der Waals surface area contributed by atoms with Gasteiger partial charge in [0.1, 0.15) is 5.82 Å². The average Bonchev–Trinajstić information content (AvgIpc) is 2.95. The molecule has 1 aromatic carbocycles. The molecule has 1 amide bonds. The van der Waals surface area contributed by atoms with E-state index in [2.05, 4.69) is 22.2 Å². The maximum absolute atomic E-state index is 12.9. The molecule has 1 fully saturated rings. The molecular weight excluding hydrogens is 319 g/mol. The number of anilines is 1. The summed E-state index contributed by atoms with van der Waals surface area (Å²) in [6, 6.07) is 6.45. The van der Waals surface area contributed by atoms with E-state index < -0.39 is 0 Å². The number of amides is 1. The van der Waals surface area contributed by atoms with E-state index in [0.717, 1.165) is 29.7 Å². The minimum absolute atomic E-state index is 0.0214. The fraction of sp³-hybridized carbons (Fsp3) is 0.421. The first-order chi connectivity index (χ1) is 12.0. The van der Waals surface area contributed by atoms with Crippen molar-refractivity contribution in [2.24, 2.45) is 0 Å². The van der Waals surface area contributed by atoms with Gasteiger partial charge in [0, 0.05) is 31.4 Å². The third-order valence-corrected chi connectivity index (χ3v) is 4.54. The van der Waals surface area contributed by atoms with Crippen molar-refractivity contribution in [3.63, 3.8) is 0 Å². The molecule has 2 aromatic rings. The number of carbonyl (C=O) groups is 1. The van der Waals surface area contributed by atoms with Crippen LogP contribution in [0.3, 0.4) is 0 Å². The summed E-state index contributed by atoms with van der Waals surface area (Å²) in [5.41, 5.74) is 3.13. The van der Waals surface area contributed by atoms with E-state index in [-0.39, 0.29) is 17.8 Å². The summed E-state index contributed by atoms with van der Waals surface area (Å²) in [7, 11) is 0. The van der Waals surface area contributed by atoms with Crippen molar-refractivity contribution in [1.29, 1.82) is 0 Å². The molecular formula is C19H23FN4O. The van der Waals surface area contributed by atoms with Crippen LogP contribution in [0.25, 0.3) is 0 Å². The molecule has 0 aliphatic carbocycles. The van der Waals surface area contributed by atoms with Gasteiger partial charge < -0.3 is 10.2 Å². The molecule has 1 unspecified atom stereocenters. The van der Waals surface area contributed by atoms with E-state index >= 15 is 0 Å². The smallest absolute Gasteiger partial charge is 0.224 e. The number of hydrogen-bond acceptors (Lipinski definition) is 4. The first kappa shape index (κ1) is 17.3. The molecule has 6 heteroatoms. The van der Waals surface area contributed by atoms with Crippen LogP contribution in [0, 0.1) is 12.7 Å². The quantitative estimate of drug-likeness (QED) is 0.877. The second kappa shape index (κ2) is 7.59. The van der Waals surface area contributed by atoms with Crippen molar-refractivity contribution < 1.29 is 9.18 Å². The van der Waals surface area contributed by atoms with Crippen molar-refractivity contribution in [2.75, 3.05) is 18.4 Å². The first-order valence-corrected chi connectivity index (χ1v) is 8.66. The molecule has 1 N–H and O–H groups in total. The molecule has 1 atom stereocenters. The molecule has 0 bridgehead atoms. The molecule has 3 rings (SSSR count). The molecule has 1 aromatic heterocycles. The van der Waals surface area contributed by atoms with E-state index in [0.29, 0.717) is 25.5 Å². The number of rotatable bonds is 6. The average molecular weight is 342 g/mol. The Labute approximate surface area is 147 Å². The van der Waals surface area contributed by atoms with Crippen LogP contribution >= 0.6 is 0 Å². The lowest BCUT2D eigenvalue weighted by Crippen LogP contribution is -2.30. The molecule has 1 aliphatic rings. The van der Waals surface area contributed by atoms with Crippen molar-refractivity contribution in [3.05, 3.63) is 53.1 Å². The van der Waals surface area contributed by atoms with Gasteiger partial charge in [-0.15, -0.1) is 0 Å². The molecule has 1 saturated heterocycles. The number of hydrogen-bond donors (Lipinski definition) is 1. The zero-order chi connectivity index (χ0) is 17.8.